The molecule has 0 aliphatic carbocycles. The quantitative estimate of drug-likeness (QED) is 0.0156. The van der Waals surface area contributed by atoms with Crippen LogP contribution in [0.3, 0.4) is 0 Å². The highest BCUT2D eigenvalue weighted by Crippen LogP contribution is 2.29. The minimum Gasteiger partial charge on any atom is -0.496 e. The van der Waals surface area contributed by atoms with E-state index in [1.165, 1.54) is 68.1 Å². The average Bonchev–Trinajstić information content (AvgIpc) is 3.46. The van der Waals surface area contributed by atoms with Gasteiger partial charge in [-0.15, -0.1) is 23.5 Å². The predicted molar refractivity (Wildman–Crippen MR) is 323 cm³/mol. The van der Waals surface area contributed by atoms with Gasteiger partial charge in [0.1, 0.15) is 29.6 Å². The zero-order valence-electron chi connectivity index (χ0n) is 47.0. The maximum Gasteiger partial charge on any atom is 0.255 e. The first-order valence-corrected chi connectivity index (χ1v) is 29.4. The Morgan fingerprint density at radius 3 is 1.26 bits per heavy atom. The maximum atomic E-state index is 14.3. The summed E-state index contributed by atoms with van der Waals surface area (Å²) in [7, 11) is 2.81. The topological polar surface area (TPSA) is 379 Å². The van der Waals surface area contributed by atoms with Gasteiger partial charge >= 0.3 is 0 Å². The number of ether oxygens (including phenoxy) is 2. The molecule has 81 heavy (non-hydrogen) atoms. The van der Waals surface area contributed by atoms with Gasteiger partial charge in [0.15, 0.2) is 0 Å². The summed E-state index contributed by atoms with van der Waals surface area (Å²) in [4.78, 5) is 102. The van der Waals surface area contributed by atoms with Gasteiger partial charge in [-0.2, -0.15) is 0 Å². The number of primary amides is 1. The molecular formula is C57H81N13O9S2. The van der Waals surface area contributed by atoms with Crippen molar-refractivity contribution < 1.29 is 43.0 Å². The third kappa shape index (κ3) is 20.8. The first-order chi connectivity index (χ1) is 38.9. The maximum absolute atomic E-state index is 14.3. The van der Waals surface area contributed by atoms with E-state index in [9.17, 15) is 33.6 Å². The number of hydrogen-bond acceptors (Lipinski definition) is 17. The molecule has 440 valence electrons. The van der Waals surface area contributed by atoms with E-state index < -0.39 is 59.5 Å². The summed E-state index contributed by atoms with van der Waals surface area (Å²) in [6, 6.07) is 15.4. The highest BCUT2D eigenvalue weighted by molar-refractivity contribution is 7.99. The summed E-state index contributed by atoms with van der Waals surface area (Å²) >= 11 is 2.62. The van der Waals surface area contributed by atoms with Crippen molar-refractivity contribution in [2.45, 2.75) is 118 Å². The van der Waals surface area contributed by atoms with Crippen molar-refractivity contribution in [2.24, 2.45) is 39.4 Å². The van der Waals surface area contributed by atoms with Gasteiger partial charge in [0, 0.05) is 38.6 Å². The molecule has 0 spiro atoms. The molecule has 18 N–H and O–H groups in total. The fourth-order valence-corrected chi connectivity index (χ4v) is 9.69. The number of aliphatic imine (C=N–C) groups is 1. The minimum atomic E-state index is -1.12. The van der Waals surface area contributed by atoms with Crippen molar-refractivity contribution in [2.75, 3.05) is 68.9 Å². The molecule has 0 saturated heterocycles. The van der Waals surface area contributed by atoms with Gasteiger partial charge in [0.2, 0.25) is 23.6 Å². The van der Waals surface area contributed by atoms with Crippen LogP contribution < -0.4 is 75.8 Å². The zero-order chi connectivity index (χ0) is 59.4. The van der Waals surface area contributed by atoms with Gasteiger partial charge in [-0.25, -0.2) is 0 Å². The number of nitrogens with one attached hydrogen (secondary N) is 6. The molecule has 4 aromatic rings. The molecule has 0 heterocycles. The van der Waals surface area contributed by atoms with E-state index in [0.29, 0.717) is 98.0 Å². The Kier molecular flexibility index (Phi) is 28.7. The summed E-state index contributed by atoms with van der Waals surface area (Å²) in [6.07, 6.45) is 9.84. The van der Waals surface area contributed by atoms with Gasteiger partial charge in [0.05, 0.1) is 42.2 Å². The molecule has 22 nitrogen and oxygen atoms in total. The van der Waals surface area contributed by atoms with Crippen molar-refractivity contribution in [3.05, 3.63) is 95.1 Å². The normalized spacial score (nSPS) is 12.7. The van der Waals surface area contributed by atoms with E-state index in [1.807, 2.05) is 6.92 Å². The SMILES string of the molecule is COc1ccc(N=C(C)[C@@H](N)CCCCN)cc1C(=O)N[C@@H](CCCCN)C(=O)Nc1ccc(OC)c(C(=O)N[C@@H](CCCCN)C(=O)Nc2ccc(SC)c(C(=O)N[C@@H](CCCCN)C(=O)Nc3ccc(SC)c(C(N)=O)c3)c2)c1. The lowest BCUT2D eigenvalue weighted by molar-refractivity contribution is -0.118. The summed E-state index contributed by atoms with van der Waals surface area (Å²) < 4.78 is 11.1. The van der Waals surface area contributed by atoms with Crippen LogP contribution in [0.15, 0.2) is 87.6 Å². The monoisotopic (exact) mass is 1160 g/mol. The first-order valence-electron chi connectivity index (χ1n) is 26.9. The summed E-state index contributed by atoms with van der Waals surface area (Å²) in [5.41, 5.74) is 37.5. The second-order valence-corrected chi connectivity index (χ2v) is 20.7. The van der Waals surface area contributed by atoms with Crippen LogP contribution in [0, 0.1) is 0 Å². The van der Waals surface area contributed by atoms with Crippen LogP contribution in [0.25, 0.3) is 0 Å². The molecule has 0 unspecified atom stereocenters. The predicted octanol–water partition coefficient (Wildman–Crippen LogP) is 5.39. The molecule has 0 fully saturated rings. The lowest BCUT2D eigenvalue weighted by Gasteiger charge is -2.22. The first kappa shape index (κ1) is 66.5. The van der Waals surface area contributed by atoms with Crippen molar-refractivity contribution in [1.29, 1.82) is 0 Å². The van der Waals surface area contributed by atoms with Crippen LogP contribution >= 0.6 is 23.5 Å². The third-order valence-electron chi connectivity index (χ3n) is 13.1. The van der Waals surface area contributed by atoms with Crippen LogP contribution in [0.4, 0.5) is 22.7 Å². The number of amides is 7. The fraction of sp³-hybridized carbons (Fsp3) is 0.439. The molecule has 0 saturated carbocycles. The fourth-order valence-electron chi connectivity index (χ4n) is 8.53. The number of carbonyl (C=O) groups excluding carboxylic acids is 7. The third-order valence-corrected chi connectivity index (χ3v) is 14.7. The highest BCUT2D eigenvalue weighted by Gasteiger charge is 2.28. The van der Waals surface area contributed by atoms with Gasteiger partial charge in [-0.1, -0.05) is 6.42 Å². The lowest BCUT2D eigenvalue weighted by atomic mass is 10.1. The van der Waals surface area contributed by atoms with Crippen LogP contribution in [-0.4, -0.2) is 124 Å². The Hall–Kier alpha value is -7.06. The number of benzene rings is 4. The van der Waals surface area contributed by atoms with E-state index in [2.05, 4.69) is 36.9 Å². The second kappa shape index (κ2) is 34.9. The molecule has 0 bridgehead atoms. The van der Waals surface area contributed by atoms with Crippen molar-refractivity contribution in [3.63, 3.8) is 0 Å². The Bertz CT molecular complexity index is 2820. The molecule has 0 aliphatic rings. The number of nitrogens with zero attached hydrogens (tertiary/aromatic N) is 1. The summed E-state index contributed by atoms with van der Waals surface area (Å²) in [5, 5.41) is 17.0. The molecule has 4 aromatic carbocycles. The Morgan fingerprint density at radius 1 is 0.494 bits per heavy atom. The van der Waals surface area contributed by atoms with E-state index >= 15 is 0 Å². The molecule has 0 aromatic heterocycles. The van der Waals surface area contributed by atoms with Crippen molar-refractivity contribution in [3.8, 4) is 11.5 Å². The average molecular weight is 1160 g/mol. The molecule has 4 atom stereocenters. The minimum absolute atomic E-state index is 0.00855. The number of rotatable bonds is 35. The molecule has 4 rings (SSSR count). The number of thioether (sulfide) groups is 2. The lowest BCUT2D eigenvalue weighted by Crippen LogP contribution is -2.44. The van der Waals surface area contributed by atoms with E-state index in [1.54, 1.807) is 55.0 Å². The van der Waals surface area contributed by atoms with E-state index in [0.717, 1.165) is 12.8 Å². The Balaban J connectivity index is 1.56. The largest absolute Gasteiger partial charge is 0.496 e. The van der Waals surface area contributed by atoms with Crippen LogP contribution in [-0.2, 0) is 14.4 Å². The second-order valence-electron chi connectivity index (χ2n) is 19.0. The summed E-state index contributed by atoms with van der Waals surface area (Å²) in [5.74, 6) is -3.83. The zero-order valence-corrected chi connectivity index (χ0v) is 48.6. The van der Waals surface area contributed by atoms with Crippen LogP contribution in [0.5, 0.6) is 11.5 Å². The molecule has 0 radical (unpaired) electrons. The molecule has 0 aliphatic heterocycles. The number of hydrogen-bond donors (Lipinski definition) is 12. The van der Waals surface area contributed by atoms with Gasteiger partial charge in [-0.05, 0) is 189 Å². The van der Waals surface area contributed by atoms with Gasteiger partial charge in [0.25, 0.3) is 17.7 Å². The van der Waals surface area contributed by atoms with Gasteiger partial charge < -0.3 is 75.8 Å². The van der Waals surface area contributed by atoms with E-state index in [4.69, 9.17) is 43.9 Å². The number of methoxy groups -OCH3 is 2. The van der Waals surface area contributed by atoms with Crippen molar-refractivity contribution in [1.82, 2.24) is 16.0 Å². The number of anilines is 3. The standard InChI is InChI=1S/C57H81N13O9S2/c1-34(43(62)14-6-10-26-58)64-35-18-22-47(78-2)39(30-35)52(72)68-44(15-7-11-27-59)55(75)65-36-19-23-48(79-3)40(31-36)53(73)69-45(16-8-12-28-60)56(76)67-38-21-25-50(81-5)42(33-38)54(74)70-46(17-9-13-29-61)57(77)66-37-20-24-49(80-4)41(32-37)51(63)71/h18-25,30-33,43-46H,6-17,26-29,58-62H2,1-5H3,(H2,63,71)(H,65,75)(H,66,77)(H,67,76)(H,68,72)(H,69,73)(H,70,74)/t43-,44-,45-,46-/m0/s1. The van der Waals surface area contributed by atoms with Gasteiger partial charge in [-0.3, -0.25) is 38.6 Å². The number of unbranched alkanes of at least 4 members (excludes halogenated alkanes) is 4. The Morgan fingerprint density at radius 2 is 0.852 bits per heavy atom. The molecule has 24 heteroatoms. The number of nitrogens with two attached hydrogens (primary N) is 6. The molecule has 7 amide bonds. The Labute approximate surface area is 482 Å². The number of carbonyl (C=O) groups is 7. The van der Waals surface area contributed by atoms with Crippen molar-refractivity contribution >= 4 is 93.3 Å². The van der Waals surface area contributed by atoms with Crippen LogP contribution in [0.2, 0.25) is 0 Å². The highest BCUT2D eigenvalue weighted by atomic mass is 32.2. The summed E-state index contributed by atoms with van der Waals surface area (Å²) in [6.45, 7) is 3.47. The molecular weight excluding hydrogens is 1070 g/mol. The van der Waals surface area contributed by atoms with Crippen LogP contribution in [0.1, 0.15) is 125 Å². The smallest absolute Gasteiger partial charge is 0.255 e. The van der Waals surface area contributed by atoms with E-state index in [-0.39, 0.29) is 70.4 Å².